The minimum absolute atomic E-state index is 0.110. The van der Waals surface area contributed by atoms with E-state index in [1.807, 2.05) is 73.7 Å². The number of esters is 1. The monoisotopic (exact) mass is 502 g/mol. The maximum absolute atomic E-state index is 13.6. The average Bonchev–Trinajstić information content (AvgIpc) is 3.01. The van der Waals surface area contributed by atoms with Gasteiger partial charge in [0.15, 0.2) is 27.4 Å². The second kappa shape index (κ2) is 8.71. The molecule has 0 N–H and O–H groups in total. The van der Waals surface area contributed by atoms with Gasteiger partial charge in [0.05, 0.1) is 11.3 Å². The van der Waals surface area contributed by atoms with Gasteiger partial charge in [0.1, 0.15) is 4.75 Å². The molecule has 36 heavy (non-hydrogen) atoms. The summed E-state index contributed by atoms with van der Waals surface area (Å²) in [4.78, 5) is 32.2. The van der Waals surface area contributed by atoms with Crippen molar-refractivity contribution in [3.8, 4) is 0 Å². The number of nitrogens with zero attached hydrogens (tertiary/aromatic N) is 2. The number of carbonyl (C=O) groups excluding carboxylic acids is 2. The van der Waals surface area contributed by atoms with Crippen LogP contribution in [0.2, 0.25) is 0 Å². The van der Waals surface area contributed by atoms with Gasteiger partial charge in [-0.05, 0) is 55.7 Å². The van der Waals surface area contributed by atoms with Crippen LogP contribution >= 0.6 is 0 Å². The van der Waals surface area contributed by atoms with E-state index in [9.17, 15) is 18.0 Å². The third kappa shape index (κ3) is 3.73. The van der Waals surface area contributed by atoms with Crippen molar-refractivity contribution in [1.82, 2.24) is 9.88 Å². The molecule has 2 atom stereocenters. The summed E-state index contributed by atoms with van der Waals surface area (Å²) < 4.78 is 31.6. The summed E-state index contributed by atoms with van der Waals surface area (Å²) in [5, 5.41) is -1.22. The van der Waals surface area contributed by atoms with Gasteiger partial charge in [-0.25, -0.2) is 13.2 Å². The Balaban J connectivity index is 1.50. The van der Waals surface area contributed by atoms with Crippen LogP contribution < -0.4 is 0 Å². The van der Waals surface area contributed by atoms with Crippen molar-refractivity contribution in [2.45, 2.75) is 43.0 Å². The highest BCUT2D eigenvalue weighted by molar-refractivity contribution is 7.94. The van der Waals surface area contributed by atoms with E-state index < -0.39 is 44.0 Å². The lowest BCUT2D eigenvalue weighted by Gasteiger charge is -2.38. The summed E-state index contributed by atoms with van der Waals surface area (Å²) in [6, 6.07) is 20.8. The molecular weight excluding hydrogens is 476 g/mol. The van der Waals surface area contributed by atoms with Crippen LogP contribution in [0.5, 0.6) is 0 Å². The fourth-order valence-corrected chi connectivity index (χ4v) is 7.00. The number of carbonyl (C=O) groups is 2. The first-order valence-corrected chi connectivity index (χ1v) is 13.2. The molecule has 7 nitrogen and oxygen atoms in total. The average molecular weight is 503 g/mol. The zero-order chi connectivity index (χ0) is 25.7. The van der Waals surface area contributed by atoms with Crippen LogP contribution in [0.4, 0.5) is 0 Å². The van der Waals surface area contributed by atoms with Crippen LogP contribution in [0.25, 0.3) is 6.08 Å². The molecular formula is C28H26N2O5S. The SMILES string of the molecule is Cc1ccnc(/C=C2/C(=O)N3[C@@H](C(=O)OC(c4ccccc4)c4ccccc4)C(C)(C)S(=O)(=O)[C@H]23)c1. The van der Waals surface area contributed by atoms with E-state index in [4.69, 9.17) is 4.74 Å². The van der Waals surface area contributed by atoms with Gasteiger partial charge in [0.25, 0.3) is 5.91 Å². The van der Waals surface area contributed by atoms with Crippen molar-refractivity contribution < 1.29 is 22.7 Å². The molecule has 2 aromatic carbocycles. The Morgan fingerprint density at radius 2 is 1.61 bits per heavy atom. The molecule has 0 spiro atoms. The minimum atomic E-state index is -3.93. The number of hydrogen-bond donors (Lipinski definition) is 0. The third-order valence-electron chi connectivity index (χ3n) is 6.87. The summed E-state index contributed by atoms with van der Waals surface area (Å²) in [6.45, 7) is 4.83. The molecule has 2 aliphatic heterocycles. The molecule has 184 valence electrons. The number of sulfone groups is 1. The summed E-state index contributed by atoms with van der Waals surface area (Å²) >= 11 is 0. The Morgan fingerprint density at radius 1 is 1.03 bits per heavy atom. The summed E-state index contributed by atoms with van der Waals surface area (Å²) in [7, 11) is -3.93. The van der Waals surface area contributed by atoms with Crippen molar-refractivity contribution in [1.29, 1.82) is 0 Å². The standard InChI is InChI=1S/C28H26N2O5S/c1-18-14-15-29-21(16-18)17-22-25(31)30-24(28(2,3)36(33,34)26(22)30)27(32)35-23(19-10-6-4-7-11-19)20-12-8-5-9-13-20/h4-17,23-24,26H,1-3H3/b22-17-/t24-,26+/m0/s1. The summed E-state index contributed by atoms with van der Waals surface area (Å²) in [5.74, 6) is -1.26. The number of ether oxygens (including phenoxy) is 1. The molecule has 0 unspecified atom stereocenters. The highest BCUT2D eigenvalue weighted by Crippen LogP contribution is 2.49. The van der Waals surface area contributed by atoms with Crippen molar-refractivity contribution in [2.24, 2.45) is 0 Å². The molecule has 0 aliphatic carbocycles. The maximum atomic E-state index is 13.6. The van der Waals surface area contributed by atoms with E-state index in [0.717, 1.165) is 21.6 Å². The molecule has 2 aliphatic rings. The highest BCUT2D eigenvalue weighted by atomic mass is 32.2. The van der Waals surface area contributed by atoms with Crippen molar-refractivity contribution in [2.75, 3.05) is 0 Å². The van der Waals surface area contributed by atoms with Gasteiger partial charge < -0.3 is 9.64 Å². The molecule has 0 saturated carbocycles. The molecule has 0 bridgehead atoms. The molecule has 2 fully saturated rings. The van der Waals surface area contributed by atoms with Gasteiger partial charge in [0, 0.05) is 6.20 Å². The number of β-lactam (4-membered cyclic amide) rings is 1. The molecule has 1 amide bonds. The molecule has 2 saturated heterocycles. The lowest BCUT2D eigenvalue weighted by Crippen LogP contribution is -2.59. The van der Waals surface area contributed by atoms with Gasteiger partial charge in [-0.2, -0.15) is 0 Å². The Morgan fingerprint density at radius 3 is 2.17 bits per heavy atom. The zero-order valence-corrected chi connectivity index (χ0v) is 21.0. The fourth-order valence-electron chi connectivity index (χ4n) is 4.89. The molecule has 3 aromatic rings. The van der Waals surface area contributed by atoms with Crippen LogP contribution in [0.15, 0.2) is 84.6 Å². The van der Waals surface area contributed by atoms with Gasteiger partial charge in [-0.15, -0.1) is 0 Å². The third-order valence-corrected chi connectivity index (χ3v) is 9.62. The second-order valence-corrected chi connectivity index (χ2v) is 12.2. The van der Waals surface area contributed by atoms with E-state index in [1.54, 1.807) is 12.3 Å². The second-order valence-electron chi connectivity index (χ2n) is 9.61. The van der Waals surface area contributed by atoms with Crippen molar-refractivity contribution in [3.05, 3.63) is 107 Å². The summed E-state index contributed by atoms with van der Waals surface area (Å²) in [5.41, 5.74) is 3.02. The molecule has 1 aromatic heterocycles. The predicted octanol–water partition coefficient (Wildman–Crippen LogP) is 3.85. The van der Waals surface area contributed by atoms with E-state index in [2.05, 4.69) is 4.98 Å². The first kappa shape index (κ1) is 23.9. The topological polar surface area (TPSA) is 93.6 Å². The van der Waals surface area contributed by atoms with E-state index in [1.165, 1.54) is 19.9 Å². The smallest absolute Gasteiger partial charge is 0.331 e. The Kier molecular flexibility index (Phi) is 5.79. The maximum Gasteiger partial charge on any atom is 0.331 e. The highest BCUT2D eigenvalue weighted by Gasteiger charge is 2.70. The first-order valence-electron chi connectivity index (χ1n) is 11.6. The molecule has 5 rings (SSSR count). The van der Waals surface area contributed by atoms with Crippen LogP contribution in [-0.2, 0) is 24.2 Å². The largest absolute Gasteiger partial charge is 0.451 e. The van der Waals surface area contributed by atoms with Gasteiger partial charge in [-0.1, -0.05) is 60.7 Å². The Labute approximate surface area is 210 Å². The number of rotatable bonds is 5. The molecule has 3 heterocycles. The Hall–Kier alpha value is -3.78. The number of fused-ring (bicyclic) bond motifs is 1. The van der Waals surface area contributed by atoms with Crippen molar-refractivity contribution >= 4 is 27.8 Å². The van der Waals surface area contributed by atoms with Crippen molar-refractivity contribution in [3.63, 3.8) is 0 Å². The Bertz CT molecular complexity index is 1430. The minimum Gasteiger partial charge on any atom is -0.451 e. The number of amides is 1. The fraction of sp³-hybridized carbons (Fsp3) is 0.250. The number of benzene rings is 2. The lowest BCUT2D eigenvalue weighted by molar-refractivity contribution is -0.160. The van der Waals surface area contributed by atoms with Gasteiger partial charge in [0.2, 0.25) is 0 Å². The molecule has 8 heteroatoms. The quantitative estimate of drug-likeness (QED) is 0.299. The van der Waals surface area contributed by atoms with Crippen LogP contribution in [0.3, 0.4) is 0 Å². The predicted molar refractivity (Wildman–Crippen MR) is 135 cm³/mol. The number of pyridine rings is 1. The first-order chi connectivity index (χ1) is 17.1. The number of aromatic nitrogens is 1. The van der Waals surface area contributed by atoms with E-state index >= 15 is 0 Å². The number of aryl methyl sites for hydroxylation is 1. The van der Waals surface area contributed by atoms with Gasteiger partial charge >= 0.3 is 5.97 Å². The zero-order valence-electron chi connectivity index (χ0n) is 20.2. The van der Waals surface area contributed by atoms with Crippen LogP contribution in [0, 0.1) is 6.92 Å². The number of hydrogen-bond acceptors (Lipinski definition) is 6. The normalized spacial score (nSPS) is 22.8. The van der Waals surface area contributed by atoms with E-state index in [-0.39, 0.29) is 5.57 Å². The van der Waals surface area contributed by atoms with Gasteiger partial charge in [-0.3, -0.25) is 9.78 Å². The molecule has 0 radical (unpaired) electrons. The van der Waals surface area contributed by atoms with Crippen LogP contribution in [-0.4, -0.2) is 46.3 Å². The summed E-state index contributed by atoms with van der Waals surface area (Å²) in [6.07, 6.45) is 2.35. The lowest BCUT2D eigenvalue weighted by atomic mass is 9.94. The van der Waals surface area contributed by atoms with Crippen LogP contribution in [0.1, 0.15) is 42.3 Å². The van der Waals surface area contributed by atoms with E-state index in [0.29, 0.717) is 5.69 Å².